The van der Waals surface area contributed by atoms with Crippen molar-refractivity contribution < 1.29 is 4.79 Å². The van der Waals surface area contributed by atoms with E-state index in [-0.39, 0.29) is 4.48 Å². The maximum absolute atomic E-state index is 11.0. The quantitative estimate of drug-likeness (QED) is 0.597. The molecule has 94 valence electrons. The minimum absolute atomic E-state index is 0.274. The molecule has 0 radical (unpaired) electrons. The highest BCUT2D eigenvalue weighted by Crippen LogP contribution is 2.39. The first-order valence-corrected chi connectivity index (χ1v) is 6.32. The third-order valence-corrected chi connectivity index (χ3v) is 3.55. The zero-order valence-corrected chi connectivity index (χ0v) is 11.1. The maximum Gasteiger partial charge on any atom is 0.243 e. The molecule has 1 aromatic rings. The molecular weight excluding hydrogens is 260 g/mol. The van der Waals surface area contributed by atoms with Crippen LogP contribution < -0.4 is 4.48 Å². The zero-order valence-electron chi connectivity index (χ0n) is 10.4. The van der Waals surface area contributed by atoms with Crippen LogP contribution in [-0.4, -0.2) is 12.1 Å². The Morgan fingerprint density at radius 2 is 2.00 bits per heavy atom. The normalized spacial score (nSPS) is 24.4. The molecule has 2 aliphatic rings. The number of nitrogens with zero attached hydrogens (tertiary/aromatic N) is 2. The van der Waals surface area contributed by atoms with Gasteiger partial charge in [0.1, 0.15) is 17.4 Å². The third kappa shape index (κ3) is 1.79. The van der Waals surface area contributed by atoms with Crippen LogP contribution in [0.1, 0.15) is 6.92 Å². The van der Waals surface area contributed by atoms with Crippen LogP contribution in [-0.2, 0) is 4.79 Å². The van der Waals surface area contributed by atoms with Crippen LogP contribution in [0.2, 0.25) is 5.02 Å². The summed E-state index contributed by atoms with van der Waals surface area (Å²) < 4.78 is 0.274. The van der Waals surface area contributed by atoms with Gasteiger partial charge in [0.05, 0.1) is 0 Å². The van der Waals surface area contributed by atoms with Crippen LogP contribution in [0.4, 0.5) is 5.69 Å². The number of aliphatic imine (C=N–C) groups is 1. The molecule has 19 heavy (non-hydrogen) atoms. The number of fused-ring (bicyclic) bond motifs is 1. The van der Waals surface area contributed by atoms with Gasteiger partial charge in [-0.1, -0.05) is 23.7 Å². The number of allylic oxidation sites excluding steroid dienone is 3. The van der Waals surface area contributed by atoms with Crippen molar-refractivity contribution in [2.75, 3.05) is 0 Å². The van der Waals surface area contributed by atoms with E-state index in [1.54, 1.807) is 0 Å². The fourth-order valence-electron chi connectivity index (χ4n) is 2.42. The molecule has 0 N–H and O–H groups in total. The lowest BCUT2D eigenvalue weighted by atomic mass is 10.1. The molecule has 3 nitrogen and oxygen atoms in total. The Kier molecular flexibility index (Phi) is 2.73. The predicted molar refractivity (Wildman–Crippen MR) is 77.7 cm³/mol. The van der Waals surface area contributed by atoms with E-state index in [9.17, 15) is 4.79 Å². The van der Waals surface area contributed by atoms with Crippen molar-refractivity contribution in [2.24, 2.45) is 4.99 Å². The molecule has 0 spiro atoms. The van der Waals surface area contributed by atoms with Gasteiger partial charge in [0.15, 0.2) is 17.7 Å². The van der Waals surface area contributed by atoms with Gasteiger partial charge in [0, 0.05) is 17.7 Å². The molecule has 0 aliphatic carbocycles. The van der Waals surface area contributed by atoms with Crippen LogP contribution in [0.3, 0.4) is 0 Å². The lowest BCUT2D eigenvalue weighted by Gasteiger charge is -2.29. The molecule has 0 bridgehead atoms. The Hall–Kier alpha value is -1.97. The van der Waals surface area contributed by atoms with E-state index in [0.29, 0.717) is 10.7 Å². The maximum atomic E-state index is 11.0. The van der Waals surface area contributed by atoms with E-state index in [1.807, 2.05) is 55.7 Å². The molecule has 1 atom stereocenters. The summed E-state index contributed by atoms with van der Waals surface area (Å²) in [6.07, 6.45) is 8.52. The molecule has 1 aromatic carbocycles. The highest BCUT2D eigenvalue weighted by atomic mass is 35.5. The standard InChI is InChI=1S/C15H12ClN2O/c1-11-6-7-15-17-12(10-19)9-18(15,8-11)14-5-3-2-4-13(14)16/h2-10H,1H3/q+1. The van der Waals surface area contributed by atoms with Gasteiger partial charge in [-0.25, -0.2) is 0 Å². The monoisotopic (exact) mass is 271 g/mol. The van der Waals surface area contributed by atoms with Crippen LogP contribution in [0, 0.1) is 0 Å². The van der Waals surface area contributed by atoms with Gasteiger partial charge < -0.3 is 0 Å². The minimum Gasteiger partial charge on any atom is -0.296 e. The number of benzene rings is 1. The smallest absolute Gasteiger partial charge is 0.243 e. The van der Waals surface area contributed by atoms with Gasteiger partial charge in [-0.2, -0.15) is 9.48 Å². The summed E-state index contributed by atoms with van der Waals surface area (Å²) in [6, 6.07) is 7.61. The average molecular weight is 272 g/mol. The van der Waals surface area contributed by atoms with Gasteiger partial charge in [-0.15, -0.1) is 0 Å². The fraction of sp³-hybridized carbons (Fsp3) is 0.0667. The number of carbonyl (C=O) groups is 1. The van der Waals surface area contributed by atoms with Crippen molar-refractivity contribution in [3.63, 3.8) is 0 Å². The van der Waals surface area contributed by atoms with E-state index in [1.165, 1.54) is 0 Å². The number of amidine groups is 1. The van der Waals surface area contributed by atoms with Crippen molar-refractivity contribution in [3.8, 4) is 0 Å². The van der Waals surface area contributed by atoms with Crippen LogP contribution in [0.25, 0.3) is 0 Å². The Morgan fingerprint density at radius 3 is 2.74 bits per heavy atom. The molecule has 2 heterocycles. The molecule has 1 unspecified atom stereocenters. The first-order chi connectivity index (χ1) is 9.15. The summed E-state index contributed by atoms with van der Waals surface area (Å²) >= 11 is 6.32. The molecule has 0 amide bonds. The fourth-order valence-corrected chi connectivity index (χ4v) is 2.70. The Bertz CT molecular complexity index is 685. The minimum atomic E-state index is 0.274. The Morgan fingerprint density at radius 1 is 1.21 bits per heavy atom. The summed E-state index contributed by atoms with van der Waals surface area (Å²) in [7, 11) is 0. The largest absolute Gasteiger partial charge is 0.296 e. The number of rotatable bonds is 2. The predicted octanol–water partition coefficient (Wildman–Crippen LogP) is 3.57. The number of hydrogen-bond acceptors (Lipinski definition) is 2. The van der Waals surface area contributed by atoms with Gasteiger partial charge >= 0.3 is 0 Å². The van der Waals surface area contributed by atoms with Crippen LogP contribution in [0.5, 0.6) is 0 Å². The molecule has 4 heteroatoms. The second-order valence-corrected chi connectivity index (χ2v) is 4.98. The van der Waals surface area contributed by atoms with Crippen LogP contribution >= 0.6 is 11.6 Å². The van der Waals surface area contributed by atoms with Crippen molar-refractivity contribution in [1.82, 2.24) is 4.48 Å². The van der Waals surface area contributed by atoms with Crippen molar-refractivity contribution in [1.29, 1.82) is 0 Å². The topological polar surface area (TPSA) is 29.4 Å². The zero-order chi connectivity index (χ0) is 13.5. The molecular formula is C15H12ClN2O+. The average Bonchev–Trinajstić information content (AvgIpc) is 2.78. The summed E-state index contributed by atoms with van der Waals surface area (Å²) in [4.78, 5) is 15.4. The summed E-state index contributed by atoms with van der Waals surface area (Å²) in [6.45, 7) is 2.01. The molecule has 2 aliphatic heterocycles. The Labute approximate surface area is 116 Å². The van der Waals surface area contributed by atoms with E-state index < -0.39 is 0 Å². The first-order valence-electron chi connectivity index (χ1n) is 5.94. The summed E-state index contributed by atoms with van der Waals surface area (Å²) in [5.41, 5.74) is 2.41. The summed E-state index contributed by atoms with van der Waals surface area (Å²) in [5, 5.41) is 0.651. The molecule has 3 rings (SSSR count). The lowest BCUT2D eigenvalue weighted by Crippen LogP contribution is -2.43. The highest BCUT2D eigenvalue weighted by molar-refractivity contribution is 6.34. The van der Waals surface area contributed by atoms with Gasteiger partial charge in [-0.3, -0.25) is 4.79 Å². The number of para-hydroxylation sites is 1. The van der Waals surface area contributed by atoms with Crippen LogP contribution in [0.15, 0.2) is 65.1 Å². The van der Waals surface area contributed by atoms with Crippen molar-refractivity contribution in [3.05, 3.63) is 65.1 Å². The number of halogens is 1. The van der Waals surface area contributed by atoms with Crippen molar-refractivity contribution >= 4 is 29.4 Å². The van der Waals surface area contributed by atoms with Gasteiger partial charge in [-0.05, 0) is 19.1 Å². The molecule has 0 aromatic heterocycles. The van der Waals surface area contributed by atoms with E-state index in [2.05, 4.69) is 4.99 Å². The van der Waals surface area contributed by atoms with Gasteiger partial charge in [0.25, 0.3) is 0 Å². The molecule has 0 saturated heterocycles. The van der Waals surface area contributed by atoms with E-state index in [0.717, 1.165) is 23.4 Å². The van der Waals surface area contributed by atoms with Gasteiger partial charge in [0.2, 0.25) is 5.84 Å². The number of hydrogen-bond donors (Lipinski definition) is 0. The second-order valence-electron chi connectivity index (χ2n) is 4.58. The third-order valence-electron chi connectivity index (χ3n) is 3.23. The second kappa shape index (κ2) is 4.30. The SMILES string of the molecule is CC1=C[N+]2(c3ccccc3Cl)C=C(C=O)N=C2C=C1. The molecule has 0 saturated carbocycles. The number of carbonyl (C=O) groups excluding carboxylic acids is 1. The Balaban J connectivity index is 2.28. The molecule has 0 fully saturated rings. The number of aldehydes is 1. The van der Waals surface area contributed by atoms with E-state index in [4.69, 9.17) is 11.6 Å². The van der Waals surface area contributed by atoms with Crippen molar-refractivity contribution in [2.45, 2.75) is 6.92 Å². The lowest BCUT2D eigenvalue weighted by molar-refractivity contribution is -0.104. The number of quaternary nitrogens is 1. The van der Waals surface area contributed by atoms with E-state index >= 15 is 0 Å². The summed E-state index contributed by atoms with van der Waals surface area (Å²) in [5.74, 6) is 0.779. The highest BCUT2D eigenvalue weighted by Gasteiger charge is 2.41. The first kappa shape index (κ1) is 12.1.